The number of amides is 1. The highest BCUT2D eigenvalue weighted by Gasteiger charge is 2.23. The summed E-state index contributed by atoms with van der Waals surface area (Å²) in [6.07, 6.45) is 0. The highest BCUT2D eigenvalue weighted by atomic mass is 79.9. The molecule has 1 atom stereocenters. The monoisotopic (exact) mass is 518 g/mol. The number of aliphatic hydroxyl groups excluding tert-OH is 1. The summed E-state index contributed by atoms with van der Waals surface area (Å²) in [4.78, 5) is 25.1. The maximum Gasteiger partial charge on any atom is 0.251 e. The summed E-state index contributed by atoms with van der Waals surface area (Å²) < 4.78 is 7.80. The number of Topliss-reactive ketones (excluding diaryl/α,β-unsaturated/α-hetero) is 1. The van der Waals surface area contributed by atoms with Crippen molar-refractivity contribution in [3.05, 3.63) is 70.0 Å². The van der Waals surface area contributed by atoms with Gasteiger partial charge < -0.3 is 19.7 Å². The molecule has 8 nitrogen and oxygen atoms in total. The van der Waals surface area contributed by atoms with Gasteiger partial charge in [-0.1, -0.05) is 39.8 Å². The first kappa shape index (κ1) is 24.0. The minimum atomic E-state index is -0.742. The second kappa shape index (κ2) is 11.3. The lowest BCUT2D eigenvalue weighted by Crippen LogP contribution is -2.32. The van der Waals surface area contributed by atoms with E-state index in [2.05, 4.69) is 31.4 Å². The molecule has 0 aliphatic carbocycles. The predicted octanol–water partition coefficient (Wildman–Crippen LogP) is 3.51. The number of ether oxygens (including phenoxy) is 1. The standard InChI is InChI=1S/C22H23BrN4O4S/c1-3-27-20(18(12-28)24-21(30)15-6-10-17(31-2)11-7-15)25-26-22(27)32-13-19(29)14-4-8-16(23)9-5-14/h4-11,18,28H,3,12-13H2,1-2H3,(H,24,30)/t18-/m1/s1. The molecule has 0 unspecified atom stereocenters. The Hall–Kier alpha value is -2.69. The summed E-state index contributed by atoms with van der Waals surface area (Å²) in [6.45, 7) is 2.09. The van der Waals surface area contributed by atoms with Gasteiger partial charge in [-0.3, -0.25) is 9.59 Å². The molecule has 3 rings (SSSR count). The molecule has 10 heteroatoms. The van der Waals surface area contributed by atoms with Crippen LogP contribution in [-0.2, 0) is 6.54 Å². The predicted molar refractivity (Wildman–Crippen MR) is 125 cm³/mol. The Balaban J connectivity index is 1.70. The zero-order valence-corrected chi connectivity index (χ0v) is 20.0. The molecule has 2 aromatic carbocycles. The third-order valence-electron chi connectivity index (χ3n) is 4.71. The fraction of sp³-hybridized carbons (Fsp3) is 0.273. The number of carbonyl (C=O) groups excluding carboxylic acids is 2. The van der Waals surface area contributed by atoms with Crippen molar-refractivity contribution in [1.82, 2.24) is 20.1 Å². The van der Waals surface area contributed by atoms with Crippen LogP contribution in [0.5, 0.6) is 5.75 Å². The minimum Gasteiger partial charge on any atom is -0.497 e. The fourth-order valence-corrected chi connectivity index (χ4v) is 4.16. The zero-order valence-electron chi connectivity index (χ0n) is 17.6. The Morgan fingerprint density at radius 2 is 1.78 bits per heavy atom. The molecule has 3 aromatic rings. The normalized spacial score (nSPS) is 11.8. The Labute approximate surface area is 198 Å². The molecule has 0 fully saturated rings. The summed E-state index contributed by atoms with van der Waals surface area (Å²) in [5.41, 5.74) is 1.05. The summed E-state index contributed by atoms with van der Waals surface area (Å²) >= 11 is 4.62. The number of rotatable bonds is 10. The van der Waals surface area contributed by atoms with Gasteiger partial charge in [0.15, 0.2) is 16.8 Å². The average Bonchev–Trinajstić information content (AvgIpc) is 3.24. The van der Waals surface area contributed by atoms with Crippen LogP contribution in [0.3, 0.4) is 0 Å². The smallest absolute Gasteiger partial charge is 0.251 e. The number of hydrogen-bond acceptors (Lipinski definition) is 7. The molecule has 1 amide bonds. The Kier molecular flexibility index (Phi) is 8.43. The maximum absolute atomic E-state index is 12.6. The van der Waals surface area contributed by atoms with E-state index in [0.717, 1.165) is 4.47 Å². The van der Waals surface area contributed by atoms with Crippen LogP contribution in [0.2, 0.25) is 0 Å². The molecule has 1 heterocycles. The third kappa shape index (κ3) is 5.76. The van der Waals surface area contributed by atoms with Crippen LogP contribution in [-0.4, -0.2) is 51.0 Å². The fourth-order valence-electron chi connectivity index (χ4n) is 2.99. The van der Waals surface area contributed by atoms with Gasteiger partial charge in [0.05, 0.1) is 19.5 Å². The second-order valence-electron chi connectivity index (χ2n) is 6.74. The molecule has 0 aliphatic rings. The van der Waals surface area contributed by atoms with Gasteiger partial charge in [0, 0.05) is 22.1 Å². The largest absolute Gasteiger partial charge is 0.497 e. The highest BCUT2D eigenvalue weighted by molar-refractivity contribution is 9.10. The molecule has 0 aliphatic heterocycles. The topological polar surface area (TPSA) is 106 Å². The number of methoxy groups -OCH3 is 1. The molecule has 1 aromatic heterocycles. The number of nitrogens with one attached hydrogen (secondary N) is 1. The Morgan fingerprint density at radius 3 is 2.38 bits per heavy atom. The van der Waals surface area contributed by atoms with Crippen LogP contribution in [0.25, 0.3) is 0 Å². The molecule has 0 radical (unpaired) electrons. The first-order chi connectivity index (χ1) is 15.5. The maximum atomic E-state index is 12.6. The van der Waals surface area contributed by atoms with Crippen molar-refractivity contribution < 1.29 is 19.4 Å². The van der Waals surface area contributed by atoms with Crippen LogP contribution < -0.4 is 10.1 Å². The van der Waals surface area contributed by atoms with E-state index in [9.17, 15) is 14.7 Å². The van der Waals surface area contributed by atoms with Crippen molar-refractivity contribution in [3.63, 3.8) is 0 Å². The number of ketones is 1. The number of carbonyl (C=O) groups is 2. The van der Waals surface area contributed by atoms with Gasteiger partial charge in [-0.05, 0) is 43.3 Å². The van der Waals surface area contributed by atoms with Crippen LogP contribution in [0, 0.1) is 0 Å². The molecular weight excluding hydrogens is 496 g/mol. The van der Waals surface area contributed by atoms with Gasteiger partial charge >= 0.3 is 0 Å². The number of thioether (sulfide) groups is 1. The van der Waals surface area contributed by atoms with Crippen molar-refractivity contribution in [3.8, 4) is 5.75 Å². The van der Waals surface area contributed by atoms with Gasteiger partial charge in [0.2, 0.25) is 0 Å². The van der Waals surface area contributed by atoms with E-state index in [1.807, 2.05) is 19.1 Å². The molecule has 0 bridgehead atoms. The van der Waals surface area contributed by atoms with E-state index < -0.39 is 6.04 Å². The van der Waals surface area contributed by atoms with Gasteiger partial charge in [-0.2, -0.15) is 0 Å². The quantitative estimate of drug-likeness (QED) is 0.312. The Morgan fingerprint density at radius 1 is 1.12 bits per heavy atom. The summed E-state index contributed by atoms with van der Waals surface area (Å²) in [5.74, 6) is 0.890. The molecule has 0 spiro atoms. The zero-order chi connectivity index (χ0) is 23.1. The summed E-state index contributed by atoms with van der Waals surface area (Å²) in [7, 11) is 1.55. The minimum absolute atomic E-state index is 0.0266. The van der Waals surface area contributed by atoms with Gasteiger partial charge in [0.25, 0.3) is 5.91 Å². The summed E-state index contributed by atoms with van der Waals surface area (Å²) in [6, 6.07) is 13.1. The molecular formula is C22H23BrN4O4S. The van der Waals surface area contributed by atoms with Gasteiger partial charge in [-0.25, -0.2) is 0 Å². The summed E-state index contributed by atoms with van der Waals surface area (Å²) in [5, 5.41) is 21.6. The Bertz CT molecular complexity index is 1070. The highest BCUT2D eigenvalue weighted by Crippen LogP contribution is 2.22. The van der Waals surface area contributed by atoms with Crippen LogP contribution in [0.4, 0.5) is 0 Å². The first-order valence-electron chi connectivity index (χ1n) is 9.87. The number of aliphatic hydroxyl groups is 1. The number of nitrogens with zero attached hydrogens (tertiary/aromatic N) is 3. The van der Waals surface area contributed by atoms with Crippen LogP contribution in [0.1, 0.15) is 39.5 Å². The van der Waals surface area contributed by atoms with Crippen molar-refractivity contribution >= 4 is 39.4 Å². The van der Waals surface area contributed by atoms with Crippen LogP contribution in [0.15, 0.2) is 58.2 Å². The number of benzene rings is 2. The third-order valence-corrected chi connectivity index (χ3v) is 6.21. The lowest BCUT2D eigenvalue weighted by Gasteiger charge is -2.17. The SMILES string of the molecule is CCn1c(SCC(=O)c2ccc(Br)cc2)nnc1[C@@H](CO)NC(=O)c1ccc(OC)cc1. The molecule has 0 saturated carbocycles. The van der Waals surface area contributed by atoms with Crippen molar-refractivity contribution in [2.45, 2.75) is 24.7 Å². The van der Waals surface area contributed by atoms with Crippen LogP contribution >= 0.6 is 27.7 Å². The van der Waals surface area contributed by atoms with Crippen molar-refractivity contribution in [1.29, 1.82) is 0 Å². The molecule has 2 N–H and O–H groups in total. The number of hydrogen-bond donors (Lipinski definition) is 2. The lowest BCUT2D eigenvalue weighted by molar-refractivity contribution is 0.0911. The van der Waals surface area contributed by atoms with E-state index in [1.165, 1.54) is 11.8 Å². The molecule has 32 heavy (non-hydrogen) atoms. The average molecular weight is 519 g/mol. The van der Waals surface area contributed by atoms with Crippen molar-refractivity contribution in [2.75, 3.05) is 19.5 Å². The second-order valence-corrected chi connectivity index (χ2v) is 8.60. The van der Waals surface area contributed by atoms with E-state index >= 15 is 0 Å². The lowest BCUT2D eigenvalue weighted by atomic mass is 10.2. The van der Waals surface area contributed by atoms with E-state index in [0.29, 0.717) is 34.4 Å². The van der Waals surface area contributed by atoms with Gasteiger partial charge in [0.1, 0.15) is 11.8 Å². The van der Waals surface area contributed by atoms with Crippen molar-refractivity contribution in [2.24, 2.45) is 0 Å². The van der Waals surface area contributed by atoms with E-state index in [4.69, 9.17) is 4.74 Å². The number of halogens is 1. The van der Waals surface area contributed by atoms with Gasteiger partial charge in [-0.15, -0.1) is 10.2 Å². The molecule has 168 valence electrons. The van der Waals surface area contributed by atoms with E-state index in [1.54, 1.807) is 48.1 Å². The van der Waals surface area contributed by atoms with E-state index in [-0.39, 0.29) is 24.1 Å². The molecule has 0 saturated heterocycles. The number of aromatic nitrogens is 3. The first-order valence-corrected chi connectivity index (χ1v) is 11.6.